The van der Waals surface area contributed by atoms with Crippen molar-refractivity contribution in [2.75, 3.05) is 25.0 Å². The monoisotopic (exact) mass is 324 g/mol. The number of nitrogens with zero attached hydrogens (tertiary/aromatic N) is 2. The third-order valence-electron chi connectivity index (χ3n) is 3.98. The first-order chi connectivity index (χ1) is 10.8. The van der Waals surface area contributed by atoms with Gasteiger partial charge in [-0.25, -0.2) is 4.39 Å². The Hall–Kier alpha value is -2.08. The summed E-state index contributed by atoms with van der Waals surface area (Å²) in [7, 11) is 1.87. The second-order valence-electron chi connectivity index (χ2n) is 5.71. The zero-order chi connectivity index (χ0) is 16.6. The molecule has 0 saturated heterocycles. The lowest BCUT2D eigenvalue weighted by molar-refractivity contribution is -0.137. The summed E-state index contributed by atoms with van der Waals surface area (Å²) < 4.78 is 52.0. The fourth-order valence-corrected chi connectivity index (χ4v) is 2.80. The second kappa shape index (κ2) is 5.85. The molecule has 3 rings (SSSR count). The number of halogens is 4. The van der Waals surface area contributed by atoms with Gasteiger partial charge in [0.05, 0.1) is 5.56 Å². The van der Waals surface area contributed by atoms with E-state index in [1.54, 1.807) is 12.1 Å². The van der Waals surface area contributed by atoms with Gasteiger partial charge < -0.3 is 9.80 Å². The molecular formula is C17H16F4N2. The van der Waals surface area contributed by atoms with E-state index in [2.05, 4.69) is 0 Å². The second-order valence-corrected chi connectivity index (χ2v) is 5.71. The Morgan fingerprint density at radius 1 is 0.957 bits per heavy atom. The van der Waals surface area contributed by atoms with Gasteiger partial charge in [-0.05, 0) is 55.1 Å². The Labute approximate surface area is 131 Å². The predicted octanol–water partition coefficient (Wildman–Crippen LogP) is 4.43. The van der Waals surface area contributed by atoms with Crippen molar-refractivity contribution in [3.8, 4) is 0 Å². The minimum Gasteiger partial charge on any atom is -0.340 e. The molecule has 0 amide bonds. The SMILES string of the molecule is CN1CCN(c2ccc(F)cc2)c2ccc(C(F)(F)F)cc2C1. The van der Waals surface area contributed by atoms with E-state index in [9.17, 15) is 17.6 Å². The molecule has 2 aromatic carbocycles. The summed E-state index contributed by atoms with van der Waals surface area (Å²) in [6.45, 7) is 1.77. The van der Waals surface area contributed by atoms with E-state index < -0.39 is 11.7 Å². The Morgan fingerprint density at radius 3 is 2.30 bits per heavy atom. The highest BCUT2D eigenvalue weighted by molar-refractivity contribution is 5.67. The number of hydrogen-bond donors (Lipinski definition) is 0. The molecule has 1 heterocycles. The largest absolute Gasteiger partial charge is 0.416 e. The first-order valence-corrected chi connectivity index (χ1v) is 7.26. The average Bonchev–Trinajstić information content (AvgIpc) is 2.65. The molecule has 0 bridgehead atoms. The molecule has 2 nitrogen and oxygen atoms in total. The van der Waals surface area contributed by atoms with Crippen LogP contribution in [0.15, 0.2) is 42.5 Å². The summed E-state index contributed by atoms with van der Waals surface area (Å²) in [6.07, 6.45) is -4.36. The van der Waals surface area contributed by atoms with E-state index in [0.717, 1.165) is 17.4 Å². The van der Waals surface area contributed by atoms with Gasteiger partial charge in [-0.15, -0.1) is 0 Å². The van der Waals surface area contributed by atoms with Crippen LogP contribution in [0.3, 0.4) is 0 Å². The zero-order valence-corrected chi connectivity index (χ0v) is 12.6. The van der Waals surface area contributed by atoms with Gasteiger partial charge in [0.15, 0.2) is 0 Å². The van der Waals surface area contributed by atoms with Crippen LogP contribution in [0, 0.1) is 5.82 Å². The highest BCUT2D eigenvalue weighted by atomic mass is 19.4. The Morgan fingerprint density at radius 2 is 1.65 bits per heavy atom. The predicted molar refractivity (Wildman–Crippen MR) is 81.2 cm³/mol. The van der Waals surface area contributed by atoms with Crippen LogP contribution in [0.5, 0.6) is 0 Å². The van der Waals surface area contributed by atoms with Crippen molar-refractivity contribution in [2.24, 2.45) is 0 Å². The molecule has 2 aromatic rings. The van der Waals surface area contributed by atoms with E-state index in [-0.39, 0.29) is 5.82 Å². The van der Waals surface area contributed by atoms with Crippen LogP contribution < -0.4 is 4.90 Å². The lowest BCUT2D eigenvalue weighted by atomic mass is 10.1. The molecule has 1 aliphatic heterocycles. The first-order valence-electron chi connectivity index (χ1n) is 7.26. The summed E-state index contributed by atoms with van der Waals surface area (Å²) >= 11 is 0. The summed E-state index contributed by atoms with van der Waals surface area (Å²) in [4.78, 5) is 3.90. The van der Waals surface area contributed by atoms with Crippen molar-refractivity contribution in [1.29, 1.82) is 0 Å². The molecule has 122 valence electrons. The summed E-state index contributed by atoms with van der Waals surface area (Å²) in [5.74, 6) is -0.340. The highest BCUT2D eigenvalue weighted by Gasteiger charge is 2.32. The summed E-state index contributed by atoms with van der Waals surface area (Å²) in [5, 5.41) is 0. The zero-order valence-electron chi connectivity index (χ0n) is 12.6. The molecule has 0 saturated carbocycles. The van der Waals surface area contributed by atoms with Crippen molar-refractivity contribution in [3.63, 3.8) is 0 Å². The normalized spacial score (nSPS) is 16.1. The van der Waals surface area contributed by atoms with Crippen LogP contribution in [-0.4, -0.2) is 25.0 Å². The van der Waals surface area contributed by atoms with Gasteiger partial charge in [-0.2, -0.15) is 13.2 Å². The topological polar surface area (TPSA) is 6.48 Å². The van der Waals surface area contributed by atoms with Crippen LogP contribution in [0.4, 0.5) is 28.9 Å². The van der Waals surface area contributed by atoms with Gasteiger partial charge >= 0.3 is 6.18 Å². The number of benzene rings is 2. The number of rotatable bonds is 1. The minimum atomic E-state index is -4.36. The van der Waals surface area contributed by atoms with Crippen LogP contribution in [0.1, 0.15) is 11.1 Å². The van der Waals surface area contributed by atoms with Gasteiger partial charge in [0.1, 0.15) is 5.82 Å². The van der Waals surface area contributed by atoms with Crippen LogP contribution in [-0.2, 0) is 12.7 Å². The lowest BCUT2D eigenvalue weighted by Crippen LogP contribution is -2.26. The van der Waals surface area contributed by atoms with Crippen LogP contribution in [0.25, 0.3) is 0 Å². The van der Waals surface area contributed by atoms with Crippen LogP contribution in [0.2, 0.25) is 0 Å². The number of anilines is 2. The number of hydrogen-bond acceptors (Lipinski definition) is 2. The molecule has 6 heteroatoms. The van der Waals surface area contributed by atoms with Crippen molar-refractivity contribution >= 4 is 11.4 Å². The quantitative estimate of drug-likeness (QED) is 0.716. The van der Waals surface area contributed by atoms with Gasteiger partial charge in [0.2, 0.25) is 0 Å². The molecule has 0 atom stereocenters. The fraction of sp³-hybridized carbons (Fsp3) is 0.294. The summed E-state index contributed by atoms with van der Waals surface area (Å²) in [6, 6.07) is 9.79. The molecule has 1 aliphatic rings. The molecule has 0 N–H and O–H groups in total. The van der Waals surface area contributed by atoms with Gasteiger partial charge in [0, 0.05) is 31.0 Å². The third-order valence-corrected chi connectivity index (χ3v) is 3.98. The highest BCUT2D eigenvalue weighted by Crippen LogP contribution is 2.36. The van der Waals surface area contributed by atoms with Gasteiger partial charge in [0.25, 0.3) is 0 Å². The van der Waals surface area contributed by atoms with E-state index in [0.29, 0.717) is 25.2 Å². The standard InChI is InChI=1S/C17H16F4N2/c1-22-8-9-23(15-5-3-14(18)4-6-15)16-7-2-13(17(19,20)21)10-12(16)11-22/h2-7,10H,8-9,11H2,1H3. The maximum Gasteiger partial charge on any atom is 0.416 e. The molecule has 0 unspecified atom stereocenters. The first kappa shape index (κ1) is 15.8. The third kappa shape index (κ3) is 3.32. The minimum absolute atomic E-state index is 0.340. The number of alkyl halides is 3. The molecule has 0 aromatic heterocycles. The Kier molecular flexibility index (Phi) is 4.02. The summed E-state index contributed by atoms with van der Waals surface area (Å²) in [5.41, 5.74) is 1.46. The van der Waals surface area contributed by atoms with E-state index >= 15 is 0 Å². The molecule has 0 spiro atoms. The molecule has 0 aliphatic carbocycles. The average molecular weight is 324 g/mol. The van der Waals surface area contributed by atoms with E-state index in [1.807, 2.05) is 16.8 Å². The Balaban J connectivity index is 2.06. The lowest BCUT2D eigenvalue weighted by Gasteiger charge is -2.25. The smallest absolute Gasteiger partial charge is 0.340 e. The van der Waals surface area contributed by atoms with Gasteiger partial charge in [-0.3, -0.25) is 0 Å². The fourth-order valence-electron chi connectivity index (χ4n) is 2.80. The van der Waals surface area contributed by atoms with Gasteiger partial charge in [-0.1, -0.05) is 0 Å². The van der Waals surface area contributed by atoms with Crippen molar-refractivity contribution < 1.29 is 17.6 Å². The molecule has 0 radical (unpaired) electrons. The molecular weight excluding hydrogens is 308 g/mol. The van der Waals surface area contributed by atoms with E-state index in [1.165, 1.54) is 24.3 Å². The van der Waals surface area contributed by atoms with Crippen LogP contribution >= 0.6 is 0 Å². The molecule has 23 heavy (non-hydrogen) atoms. The van der Waals surface area contributed by atoms with Crippen molar-refractivity contribution in [1.82, 2.24) is 4.90 Å². The number of fused-ring (bicyclic) bond motifs is 1. The maximum atomic E-state index is 13.1. The van der Waals surface area contributed by atoms with Crippen molar-refractivity contribution in [3.05, 3.63) is 59.4 Å². The molecule has 0 fully saturated rings. The maximum absolute atomic E-state index is 13.1. The Bertz CT molecular complexity index is 695. The van der Waals surface area contributed by atoms with Crippen molar-refractivity contribution in [2.45, 2.75) is 12.7 Å². The number of likely N-dealkylation sites (N-methyl/N-ethyl adjacent to an activating group) is 1. The van der Waals surface area contributed by atoms with E-state index in [4.69, 9.17) is 0 Å².